The van der Waals surface area contributed by atoms with E-state index in [0.717, 1.165) is 12.0 Å². The minimum atomic E-state index is -0.444. The van der Waals surface area contributed by atoms with Crippen LogP contribution in [0.15, 0.2) is 18.3 Å². The van der Waals surface area contributed by atoms with Crippen LogP contribution in [0.25, 0.3) is 0 Å². The molecule has 1 heterocycles. The van der Waals surface area contributed by atoms with Gasteiger partial charge in [0.1, 0.15) is 0 Å². The van der Waals surface area contributed by atoms with E-state index in [1.54, 1.807) is 12.3 Å². The molecule has 0 radical (unpaired) electrons. The molecule has 1 rings (SSSR count). The van der Waals surface area contributed by atoms with Crippen LogP contribution in [0.4, 0.5) is 0 Å². The summed E-state index contributed by atoms with van der Waals surface area (Å²) in [6.07, 6.45) is 2.34. The number of nitrogens with zero attached hydrogens (tertiary/aromatic N) is 1. The highest BCUT2D eigenvalue weighted by Crippen LogP contribution is 2.06. The van der Waals surface area contributed by atoms with Gasteiger partial charge in [-0.1, -0.05) is 13.0 Å². The molecule has 1 aromatic heterocycles. The molecule has 13 heavy (non-hydrogen) atoms. The molecule has 0 unspecified atom stereocenters. The number of aryl methyl sites for hydroxylation is 1. The third-order valence-electron chi connectivity index (χ3n) is 1.66. The van der Waals surface area contributed by atoms with Crippen LogP contribution in [0.1, 0.15) is 23.0 Å². The monoisotopic (exact) mass is 180 g/mol. The van der Waals surface area contributed by atoms with Crippen molar-refractivity contribution in [2.75, 3.05) is 7.05 Å². The van der Waals surface area contributed by atoms with Crippen LogP contribution in [0.5, 0.6) is 0 Å². The van der Waals surface area contributed by atoms with E-state index in [4.69, 9.17) is 0 Å². The number of carbonyl (C=O) groups excluding carboxylic acids is 1. The first-order chi connectivity index (χ1) is 6.29. The van der Waals surface area contributed by atoms with Gasteiger partial charge in [-0.3, -0.25) is 0 Å². The Morgan fingerprint density at radius 2 is 2.46 bits per heavy atom. The predicted molar refractivity (Wildman–Crippen MR) is 48.1 cm³/mol. The topological polar surface area (TPSA) is 51.2 Å². The molecule has 0 aromatic carbocycles. The summed E-state index contributed by atoms with van der Waals surface area (Å²) in [4.78, 5) is 19.8. The highest BCUT2D eigenvalue weighted by Gasteiger charge is 2.12. The Bertz CT molecular complexity index is 299. The number of hydrogen-bond acceptors (Lipinski definition) is 4. The van der Waals surface area contributed by atoms with Crippen LogP contribution in [0, 0.1) is 0 Å². The number of aromatic nitrogens is 1. The van der Waals surface area contributed by atoms with E-state index in [1.165, 1.54) is 7.05 Å². The van der Waals surface area contributed by atoms with E-state index in [2.05, 4.69) is 15.3 Å². The maximum absolute atomic E-state index is 11.3. The van der Waals surface area contributed by atoms with Crippen molar-refractivity contribution in [1.82, 2.24) is 10.5 Å². The van der Waals surface area contributed by atoms with Gasteiger partial charge in [0.05, 0.1) is 0 Å². The van der Waals surface area contributed by atoms with Crippen LogP contribution < -0.4 is 5.48 Å². The van der Waals surface area contributed by atoms with Crippen LogP contribution in [-0.4, -0.2) is 18.0 Å². The van der Waals surface area contributed by atoms with Crippen LogP contribution >= 0.6 is 0 Å². The van der Waals surface area contributed by atoms with E-state index in [1.807, 2.05) is 13.0 Å². The SMILES string of the molecule is CCc1cccnc1C(=O)ONC. The second-order valence-corrected chi connectivity index (χ2v) is 2.46. The van der Waals surface area contributed by atoms with Crippen molar-refractivity contribution in [3.63, 3.8) is 0 Å². The molecule has 0 aliphatic carbocycles. The molecule has 0 spiro atoms. The molecule has 0 bridgehead atoms. The molecule has 0 amide bonds. The van der Waals surface area contributed by atoms with E-state index in [0.29, 0.717) is 5.69 Å². The predicted octanol–water partition coefficient (Wildman–Crippen LogP) is 0.935. The molecule has 0 saturated heterocycles. The highest BCUT2D eigenvalue weighted by atomic mass is 16.7. The van der Waals surface area contributed by atoms with Gasteiger partial charge in [-0.05, 0) is 18.1 Å². The third-order valence-corrected chi connectivity index (χ3v) is 1.66. The fourth-order valence-corrected chi connectivity index (χ4v) is 1.05. The van der Waals surface area contributed by atoms with Gasteiger partial charge < -0.3 is 4.84 Å². The van der Waals surface area contributed by atoms with Crippen LogP contribution in [0.2, 0.25) is 0 Å². The second-order valence-electron chi connectivity index (χ2n) is 2.46. The second kappa shape index (κ2) is 4.57. The van der Waals surface area contributed by atoms with Gasteiger partial charge in [-0.15, -0.1) is 0 Å². The molecule has 0 fully saturated rings. The molecule has 4 heteroatoms. The molecular formula is C9H12N2O2. The largest absolute Gasteiger partial charge is 0.375 e. The van der Waals surface area contributed by atoms with Crippen molar-refractivity contribution in [3.05, 3.63) is 29.6 Å². The Hall–Kier alpha value is -1.42. The standard InChI is InChI=1S/C9H12N2O2/c1-3-7-5-4-6-11-8(7)9(12)13-10-2/h4-6,10H,3H2,1-2H3. The van der Waals surface area contributed by atoms with E-state index in [-0.39, 0.29) is 0 Å². The number of hydroxylamine groups is 1. The number of pyridine rings is 1. The molecule has 0 saturated carbocycles. The molecule has 70 valence electrons. The minimum Gasteiger partial charge on any atom is -0.366 e. The molecule has 4 nitrogen and oxygen atoms in total. The first-order valence-electron chi connectivity index (χ1n) is 4.11. The number of rotatable bonds is 3. The molecule has 0 aliphatic heterocycles. The van der Waals surface area contributed by atoms with Gasteiger partial charge in [0.25, 0.3) is 0 Å². The van der Waals surface area contributed by atoms with Crippen molar-refractivity contribution in [2.45, 2.75) is 13.3 Å². The molecule has 0 aliphatic rings. The minimum absolute atomic E-state index is 0.374. The van der Waals surface area contributed by atoms with E-state index >= 15 is 0 Å². The highest BCUT2D eigenvalue weighted by molar-refractivity contribution is 5.88. The van der Waals surface area contributed by atoms with Gasteiger partial charge in [0.2, 0.25) is 0 Å². The molecule has 1 aromatic rings. The van der Waals surface area contributed by atoms with Crippen molar-refractivity contribution < 1.29 is 9.63 Å². The molecular weight excluding hydrogens is 168 g/mol. The van der Waals surface area contributed by atoms with Crippen LogP contribution in [-0.2, 0) is 11.3 Å². The lowest BCUT2D eigenvalue weighted by atomic mass is 10.1. The summed E-state index contributed by atoms with van der Waals surface area (Å²) in [5.41, 5.74) is 3.59. The first-order valence-corrected chi connectivity index (χ1v) is 4.11. The zero-order valence-corrected chi connectivity index (χ0v) is 7.70. The molecule has 1 N–H and O–H groups in total. The first kappa shape index (κ1) is 9.67. The van der Waals surface area contributed by atoms with Crippen molar-refractivity contribution in [3.8, 4) is 0 Å². The number of carbonyl (C=O) groups is 1. The average molecular weight is 180 g/mol. The summed E-state index contributed by atoms with van der Waals surface area (Å²) < 4.78 is 0. The zero-order chi connectivity index (χ0) is 9.68. The Kier molecular flexibility index (Phi) is 3.40. The van der Waals surface area contributed by atoms with Gasteiger partial charge in [-0.25, -0.2) is 9.78 Å². The maximum atomic E-state index is 11.3. The average Bonchev–Trinajstić information content (AvgIpc) is 2.18. The van der Waals surface area contributed by atoms with Crippen molar-refractivity contribution >= 4 is 5.97 Å². The normalized spacial score (nSPS) is 9.69. The fraction of sp³-hybridized carbons (Fsp3) is 0.333. The van der Waals surface area contributed by atoms with Gasteiger partial charge >= 0.3 is 5.97 Å². The Morgan fingerprint density at radius 3 is 3.08 bits per heavy atom. The number of hydrogen-bond donors (Lipinski definition) is 1. The summed E-state index contributed by atoms with van der Waals surface area (Å²) in [5.74, 6) is -0.444. The smallest absolute Gasteiger partial charge is 0.366 e. The fourth-order valence-electron chi connectivity index (χ4n) is 1.05. The van der Waals surface area contributed by atoms with Crippen LogP contribution in [0.3, 0.4) is 0 Å². The Labute approximate surface area is 76.9 Å². The van der Waals surface area contributed by atoms with Gasteiger partial charge in [0.15, 0.2) is 5.69 Å². The summed E-state index contributed by atoms with van der Waals surface area (Å²) >= 11 is 0. The zero-order valence-electron chi connectivity index (χ0n) is 7.70. The summed E-state index contributed by atoms with van der Waals surface area (Å²) in [6.45, 7) is 1.97. The Morgan fingerprint density at radius 1 is 1.69 bits per heavy atom. The van der Waals surface area contributed by atoms with E-state index < -0.39 is 5.97 Å². The van der Waals surface area contributed by atoms with Gasteiger partial charge in [-0.2, -0.15) is 5.48 Å². The Balaban J connectivity index is 2.92. The lowest BCUT2D eigenvalue weighted by Gasteiger charge is -2.04. The summed E-state index contributed by atoms with van der Waals surface area (Å²) in [5, 5.41) is 0. The number of nitrogens with one attached hydrogen (secondary N) is 1. The van der Waals surface area contributed by atoms with Crippen molar-refractivity contribution in [2.24, 2.45) is 0 Å². The summed E-state index contributed by atoms with van der Waals surface area (Å²) in [7, 11) is 1.53. The molecule has 0 atom stereocenters. The third kappa shape index (κ3) is 2.26. The summed E-state index contributed by atoms with van der Waals surface area (Å²) in [6, 6.07) is 3.66. The quantitative estimate of drug-likeness (QED) is 0.703. The maximum Gasteiger partial charge on any atom is 0.375 e. The van der Waals surface area contributed by atoms with Gasteiger partial charge in [0, 0.05) is 13.2 Å². The lowest BCUT2D eigenvalue weighted by Crippen LogP contribution is -2.17. The van der Waals surface area contributed by atoms with E-state index in [9.17, 15) is 4.79 Å². The van der Waals surface area contributed by atoms with Crippen molar-refractivity contribution in [1.29, 1.82) is 0 Å². The lowest BCUT2D eigenvalue weighted by molar-refractivity contribution is 0.0301.